The fourth-order valence-electron chi connectivity index (χ4n) is 3.56. The average molecular weight is 238 g/mol. The van der Waals surface area contributed by atoms with Crippen LogP contribution < -0.4 is 10.6 Å². The van der Waals surface area contributed by atoms with Crippen LogP contribution in [0.15, 0.2) is 0 Å². The molecule has 2 aliphatic rings. The number of hydrogen-bond donors (Lipinski definition) is 2. The molecule has 2 aliphatic heterocycles. The predicted molar refractivity (Wildman–Crippen MR) is 74.3 cm³/mol. The molecule has 2 fully saturated rings. The van der Waals surface area contributed by atoms with Crippen LogP contribution in [0.5, 0.6) is 0 Å². The van der Waals surface area contributed by atoms with Crippen molar-refractivity contribution in [2.45, 2.75) is 83.3 Å². The normalized spacial score (nSPS) is 33.9. The molecule has 3 atom stereocenters. The van der Waals surface area contributed by atoms with E-state index in [-0.39, 0.29) is 0 Å². The number of fused-ring (bicyclic) bond motifs is 2. The molecular weight excluding hydrogens is 208 g/mol. The third-order valence-corrected chi connectivity index (χ3v) is 4.61. The number of nitrogens with one attached hydrogen (secondary N) is 2. The van der Waals surface area contributed by atoms with E-state index >= 15 is 0 Å². The summed E-state index contributed by atoms with van der Waals surface area (Å²) in [5, 5.41) is 7.42. The fraction of sp³-hybridized carbons (Fsp3) is 1.00. The van der Waals surface area contributed by atoms with Crippen molar-refractivity contribution in [2.75, 3.05) is 6.54 Å². The second-order valence-electron chi connectivity index (χ2n) is 6.26. The summed E-state index contributed by atoms with van der Waals surface area (Å²) in [6, 6.07) is 2.43. The Kier molecular flexibility index (Phi) is 5.30. The van der Waals surface area contributed by atoms with E-state index in [1.807, 2.05) is 0 Å². The molecule has 2 heteroatoms. The Labute approximate surface area is 107 Å². The van der Waals surface area contributed by atoms with Crippen molar-refractivity contribution >= 4 is 0 Å². The van der Waals surface area contributed by atoms with E-state index in [2.05, 4.69) is 24.5 Å². The van der Waals surface area contributed by atoms with Gasteiger partial charge in [-0.2, -0.15) is 0 Å². The Hall–Kier alpha value is -0.0800. The van der Waals surface area contributed by atoms with E-state index in [4.69, 9.17) is 0 Å². The minimum absolute atomic E-state index is 0.716. The standard InChI is InChI=1S/C15H30N2/c1-3-4-5-12(2)16-9-8-13-10-14-6-7-15(11-13)17-14/h12-17H,3-11H2,1-2H3. The first kappa shape index (κ1) is 13.4. The van der Waals surface area contributed by atoms with Crippen LogP contribution >= 0.6 is 0 Å². The van der Waals surface area contributed by atoms with E-state index in [1.165, 1.54) is 57.9 Å². The summed E-state index contributed by atoms with van der Waals surface area (Å²) in [4.78, 5) is 0. The van der Waals surface area contributed by atoms with Crippen molar-refractivity contribution in [3.05, 3.63) is 0 Å². The molecule has 0 aliphatic carbocycles. The molecule has 2 heterocycles. The van der Waals surface area contributed by atoms with Crippen molar-refractivity contribution in [1.82, 2.24) is 10.6 Å². The third-order valence-electron chi connectivity index (χ3n) is 4.61. The Morgan fingerprint density at radius 3 is 2.59 bits per heavy atom. The van der Waals surface area contributed by atoms with Gasteiger partial charge in [-0.25, -0.2) is 0 Å². The van der Waals surface area contributed by atoms with Gasteiger partial charge in [0.2, 0.25) is 0 Å². The molecule has 0 amide bonds. The first-order valence-corrected chi connectivity index (χ1v) is 7.77. The van der Waals surface area contributed by atoms with Crippen LogP contribution in [-0.4, -0.2) is 24.7 Å². The van der Waals surface area contributed by atoms with E-state index in [1.54, 1.807) is 0 Å². The zero-order chi connectivity index (χ0) is 12.1. The SMILES string of the molecule is CCCCC(C)NCCC1CC2CCC(C1)N2. The minimum atomic E-state index is 0.716. The van der Waals surface area contributed by atoms with Crippen LogP contribution in [0.1, 0.15) is 65.2 Å². The number of unbranched alkanes of at least 4 members (excludes halogenated alkanes) is 1. The summed E-state index contributed by atoms with van der Waals surface area (Å²) < 4.78 is 0. The lowest BCUT2D eigenvalue weighted by Gasteiger charge is -2.29. The van der Waals surface area contributed by atoms with Crippen LogP contribution in [0, 0.1) is 5.92 Å². The van der Waals surface area contributed by atoms with Gasteiger partial charge in [0.1, 0.15) is 0 Å². The highest BCUT2D eigenvalue weighted by Gasteiger charge is 2.32. The van der Waals surface area contributed by atoms with Crippen molar-refractivity contribution in [3.8, 4) is 0 Å². The van der Waals surface area contributed by atoms with Crippen LogP contribution in [-0.2, 0) is 0 Å². The van der Waals surface area contributed by atoms with Gasteiger partial charge in [-0.15, -0.1) is 0 Å². The summed E-state index contributed by atoms with van der Waals surface area (Å²) in [6.07, 6.45) is 11.2. The highest BCUT2D eigenvalue weighted by atomic mass is 15.0. The molecule has 2 rings (SSSR count). The topological polar surface area (TPSA) is 24.1 Å². The van der Waals surface area contributed by atoms with Crippen LogP contribution in [0.2, 0.25) is 0 Å². The molecule has 0 radical (unpaired) electrons. The number of rotatable bonds is 7. The van der Waals surface area contributed by atoms with Crippen molar-refractivity contribution in [2.24, 2.45) is 5.92 Å². The van der Waals surface area contributed by atoms with Crippen LogP contribution in [0.25, 0.3) is 0 Å². The molecule has 3 unspecified atom stereocenters. The second kappa shape index (κ2) is 6.75. The highest BCUT2D eigenvalue weighted by Crippen LogP contribution is 2.32. The Morgan fingerprint density at radius 1 is 1.24 bits per heavy atom. The maximum atomic E-state index is 3.73. The second-order valence-corrected chi connectivity index (χ2v) is 6.26. The van der Waals surface area contributed by atoms with Gasteiger partial charge in [0.25, 0.3) is 0 Å². The van der Waals surface area contributed by atoms with Gasteiger partial charge < -0.3 is 10.6 Å². The van der Waals surface area contributed by atoms with E-state index in [0.717, 1.165) is 18.0 Å². The monoisotopic (exact) mass is 238 g/mol. The Balaban J connectivity index is 1.56. The molecule has 0 spiro atoms. The zero-order valence-corrected chi connectivity index (χ0v) is 11.7. The van der Waals surface area contributed by atoms with Crippen molar-refractivity contribution in [3.63, 3.8) is 0 Å². The number of hydrogen-bond acceptors (Lipinski definition) is 2. The van der Waals surface area contributed by atoms with Crippen molar-refractivity contribution in [1.29, 1.82) is 0 Å². The van der Waals surface area contributed by atoms with Crippen molar-refractivity contribution < 1.29 is 0 Å². The summed E-state index contributed by atoms with van der Waals surface area (Å²) in [6.45, 7) is 5.84. The summed E-state index contributed by atoms with van der Waals surface area (Å²) in [5.41, 5.74) is 0. The molecule has 17 heavy (non-hydrogen) atoms. The molecule has 2 N–H and O–H groups in total. The fourth-order valence-corrected chi connectivity index (χ4v) is 3.56. The van der Waals surface area contributed by atoms with Gasteiger partial charge in [-0.3, -0.25) is 0 Å². The van der Waals surface area contributed by atoms with Gasteiger partial charge in [0, 0.05) is 18.1 Å². The summed E-state index contributed by atoms with van der Waals surface area (Å²) in [5.74, 6) is 0.986. The van der Waals surface area contributed by atoms with Crippen LogP contribution in [0.4, 0.5) is 0 Å². The lowest BCUT2D eigenvalue weighted by Crippen LogP contribution is -2.39. The molecule has 2 saturated heterocycles. The molecule has 2 nitrogen and oxygen atoms in total. The average Bonchev–Trinajstić information content (AvgIpc) is 2.66. The quantitative estimate of drug-likeness (QED) is 0.712. The lowest BCUT2D eigenvalue weighted by atomic mass is 9.89. The largest absolute Gasteiger partial charge is 0.314 e. The Morgan fingerprint density at radius 2 is 1.94 bits per heavy atom. The van der Waals surface area contributed by atoms with Gasteiger partial charge in [-0.05, 0) is 57.9 Å². The van der Waals surface area contributed by atoms with Gasteiger partial charge >= 0.3 is 0 Å². The van der Waals surface area contributed by atoms with Gasteiger partial charge in [0.15, 0.2) is 0 Å². The summed E-state index contributed by atoms with van der Waals surface area (Å²) >= 11 is 0. The first-order valence-electron chi connectivity index (χ1n) is 7.77. The summed E-state index contributed by atoms with van der Waals surface area (Å²) in [7, 11) is 0. The van der Waals surface area contributed by atoms with Crippen LogP contribution in [0.3, 0.4) is 0 Å². The molecule has 100 valence electrons. The van der Waals surface area contributed by atoms with Gasteiger partial charge in [-0.1, -0.05) is 19.8 Å². The predicted octanol–water partition coefficient (Wildman–Crippen LogP) is 3.08. The minimum Gasteiger partial charge on any atom is -0.314 e. The van der Waals surface area contributed by atoms with Gasteiger partial charge in [0.05, 0.1) is 0 Å². The third kappa shape index (κ3) is 4.26. The maximum Gasteiger partial charge on any atom is 0.00728 e. The zero-order valence-electron chi connectivity index (χ0n) is 11.7. The van der Waals surface area contributed by atoms with E-state index < -0.39 is 0 Å². The maximum absolute atomic E-state index is 3.73. The molecule has 0 saturated carbocycles. The molecule has 0 aromatic rings. The van der Waals surface area contributed by atoms with E-state index in [9.17, 15) is 0 Å². The first-order chi connectivity index (χ1) is 8.28. The molecule has 0 aromatic carbocycles. The lowest BCUT2D eigenvalue weighted by molar-refractivity contribution is 0.280. The molecule has 0 aromatic heterocycles. The smallest absolute Gasteiger partial charge is 0.00728 e. The number of piperidine rings is 1. The Bertz CT molecular complexity index is 205. The molecular formula is C15H30N2. The van der Waals surface area contributed by atoms with E-state index in [0.29, 0.717) is 6.04 Å². The molecule has 2 bridgehead atoms. The highest BCUT2D eigenvalue weighted by molar-refractivity contribution is 4.92.